The maximum absolute atomic E-state index is 12.0. The Hall–Kier alpha value is -1.04. The molecule has 0 aliphatic rings. The van der Waals surface area contributed by atoms with Gasteiger partial charge in [0.2, 0.25) is 0 Å². The summed E-state index contributed by atoms with van der Waals surface area (Å²) in [4.78, 5) is 0. The Labute approximate surface area is 79.2 Å². The molecule has 0 spiro atoms. The Morgan fingerprint density at radius 1 is 1.57 bits per heavy atom. The maximum atomic E-state index is 12.0. The Morgan fingerprint density at radius 3 is 2.71 bits per heavy atom. The van der Waals surface area contributed by atoms with E-state index in [-0.39, 0.29) is 5.56 Å². The number of hydrogen-bond acceptors (Lipinski definition) is 2. The van der Waals surface area contributed by atoms with E-state index < -0.39 is 12.3 Å². The minimum Gasteiger partial charge on any atom is -0.379 e. The number of aliphatic hydroxyl groups is 1. The molecule has 0 bridgehead atoms. The summed E-state index contributed by atoms with van der Waals surface area (Å²) in [6.45, 7) is 2.44. The predicted octanol–water partition coefficient (Wildman–Crippen LogP) is 1.89. The second-order valence-corrected chi connectivity index (χ2v) is 2.98. The molecule has 0 unspecified atom stereocenters. The fourth-order valence-corrected chi connectivity index (χ4v) is 1.06. The molecule has 0 aliphatic carbocycles. The Morgan fingerprint density at radius 2 is 2.21 bits per heavy atom. The standard InChI is InChI=1S/C8H11F3N2O/c1-2-3-13-5-6(4-12-13)7(14)8(9,10)11/h4-5,7,14H,2-3H2,1H3/t7-/m1/s1. The molecule has 80 valence electrons. The van der Waals surface area contributed by atoms with Gasteiger partial charge in [-0.15, -0.1) is 0 Å². The first-order valence-electron chi connectivity index (χ1n) is 4.22. The van der Waals surface area contributed by atoms with Crippen LogP contribution >= 0.6 is 0 Å². The fraction of sp³-hybridized carbons (Fsp3) is 0.625. The molecule has 1 atom stereocenters. The molecule has 1 rings (SSSR count). The third kappa shape index (κ3) is 2.47. The predicted molar refractivity (Wildman–Crippen MR) is 43.5 cm³/mol. The lowest BCUT2D eigenvalue weighted by Crippen LogP contribution is -2.19. The minimum absolute atomic E-state index is 0.217. The van der Waals surface area contributed by atoms with Crippen molar-refractivity contribution in [2.75, 3.05) is 0 Å². The summed E-state index contributed by atoms with van der Waals surface area (Å²) in [7, 11) is 0. The average molecular weight is 208 g/mol. The number of hydrogen-bond donors (Lipinski definition) is 1. The normalized spacial score (nSPS) is 14.4. The Kier molecular flexibility index (Phi) is 3.15. The molecule has 0 aromatic carbocycles. The van der Waals surface area contributed by atoms with Gasteiger partial charge in [-0.05, 0) is 6.42 Å². The number of aryl methyl sites for hydroxylation is 1. The fourth-order valence-electron chi connectivity index (χ4n) is 1.06. The van der Waals surface area contributed by atoms with Crippen molar-refractivity contribution < 1.29 is 18.3 Å². The molecular weight excluding hydrogens is 197 g/mol. The lowest BCUT2D eigenvalue weighted by atomic mass is 10.2. The third-order valence-electron chi connectivity index (χ3n) is 1.73. The summed E-state index contributed by atoms with van der Waals surface area (Å²) in [5.74, 6) is 0. The molecule has 1 heterocycles. The van der Waals surface area contributed by atoms with E-state index >= 15 is 0 Å². The molecule has 3 nitrogen and oxygen atoms in total. The van der Waals surface area contributed by atoms with Crippen LogP contribution in [-0.4, -0.2) is 21.1 Å². The lowest BCUT2D eigenvalue weighted by Gasteiger charge is -2.11. The van der Waals surface area contributed by atoms with Gasteiger partial charge in [0.15, 0.2) is 6.10 Å². The summed E-state index contributed by atoms with van der Waals surface area (Å²) in [6, 6.07) is 0. The van der Waals surface area contributed by atoms with Gasteiger partial charge in [0.1, 0.15) is 0 Å². The van der Waals surface area contributed by atoms with Crippen LogP contribution in [0.5, 0.6) is 0 Å². The van der Waals surface area contributed by atoms with Crippen LogP contribution in [0.25, 0.3) is 0 Å². The van der Waals surface area contributed by atoms with E-state index in [0.29, 0.717) is 6.54 Å². The van der Waals surface area contributed by atoms with Gasteiger partial charge in [-0.2, -0.15) is 18.3 Å². The van der Waals surface area contributed by atoms with Gasteiger partial charge in [0, 0.05) is 18.3 Å². The first-order valence-corrected chi connectivity index (χ1v) is 4.22. The quantitative estimate of drug-likeness (QED) is 0.823. The van der Waals surface area contributed by atoms with Gasteiger partial charge in [-0.25, -0.2) is 0 Å². The molecule has 0 fully saturated rings. The second kappa shape index (κ2) is 4.00. The number of aliphatic hydroxyl groups excluding tert-OH is 1. The van der Waals surface area contributed by atoms with Gasteiger partial charge in [0.05, 0.1) is 6.20 Å². The van der Waals surface area contributed by atoms with Crippen LogP contribution in [0.1, 0.15) is 25.0 Å². The first kappa shape index (κ1) is 11.0. The van der Waals surface area contributed by atoms with Crippen molar-refractivity contribution in [2.45, 2.75) is 32.2 Å². The zero-order valence-corrected chi connectivity index (χ0v) is 7.62. The number of nitrogens with zero attached hydrogens (tertiary/aromatic N) is 2. The van der Waals surface area contributed by atoms with E-state index in [2.05, 4.69) is 5.10 Å². The Balaban J connectivity index is 2.76. The van der Waals surface area contributed by atoms with E-state index in [1.807, 2.05) is 6.92 Å². The molecule has 0 radical (unpaired) electrons. The van der Waals surface area contributed by atoms with E-state index in [4.69, 9.17) is 5.11 Å². The molecule has 0 saturated heterocycles. The van der Waals surface area contributed by atoms with Crippen molar-refractivity contribution in [3.8, 4) is 0 Å². The molecular formula is C8H11F3N2O. The zero-order valence-electron chi connectivity index (χ0n) is 7.62. The number of rotatable bonds is 3. The molecule has 1 aromatic rings. The van der Waals surface area contributed by atoms with Crippen molar-refractivity contribution in [3.05, 3.63) is 18.0 Å². The molecule has 0 amide bonds. The highest BCUT2D eigenvalue weighted by atomic mass is 19.4. The van der Waals surface area contributed by atoms with Gasteiger partial charge in [-0.1, -0.05) is 6.92 Å². The largest absolute Gasteiger partial charge is 0.418 e. The van der Waals surface area contributed by atoms with Crippen LogP contribution in [-0.2, 0) is 6.54 Å². The summed E-state index contributed by atoms with van der Waals surface area (Å²) in [6.07, 6.45) is -4.04. The molecule has 0 saturated carbocycles. The molecule has 0 aliphatic heterocycles. The summed E-state index contributed by atoms with van der Waals surface area (Å²) in [5.41, 5.74) is -0.217. The van der Waals surface area contributed by atoms with Crippen LogP contribution in [0.4, 0.5) is 13.2 Å². The molecule has 14 heavy (non-hydrogen) atoms. The highest BCUT2D eigenvalue weighted by Gasteiger charge is 2.40. The van der Waals surface area contributed by atoms with E-state index in [9.17, 15) is 13.2 Å². The maximum Gasteiger partial charge on any atom is 0.418 e. The molecule has 1 N–H and O–H groups in total. The summed E-state index contributed by atoms with van der Waals surface area (Å²) >= 11 is 0. The Bertz CT molecular complexity index is 295. The highest BCUT2D eigenvalue weighted by Crippen LogP contribution is 2.31. The van der Waals surface area contributed by atoms with Crippen LogP contribution < -0.4 is 0 Å². The van der Waals surface area contributed by atoms with Crippen molar-refractivity contribution in [2.24, 2.45) is 0 Å². The van der Waals surface area contributed by atoms with E-state index in [1.165, 1.54) is 10.9 Å². The van der Waals surface area contributed by atoms with Crippen LogP contribution in [0, 0.1) is 0 Å². The van der Waals surface area contributed by atoms with Crippen molar-refractivity contribution in [1.29, 1.82) is 0 Å². The van der Waals surface area contributed by atoms with E-state index in [0.717, 1.165) is 12.6 Å². The molecule has 1 aromatic heterocycles. The number of halogens is 3. The average Bonchev–Trinajstić information content (AvgIpc) is 2.50. The number of aromatic nitrogens is 2. The zero-order chi connectivity index (χ0) is 10.8. The van der Waals surface area contributed by atoms with Crippen molar-refractivity contribution in [1.82, 2.24) is 9.78 Å². The summed E-state index contributed by atoms with van der Waals surface area (Å²) < 4.78 is 37.5. The van der Waals surface area contributed by atoms with Crippen molar-refractivity contribution in [3.63, 3.8) is 0 Å². The van der Waals surface area contributed by atoms with E-state index in [1.54, 1.807) is 0 Å². The topological polar surface area (TPSA) is 38.0 Å². The molecule has 6 heteroatoms. The van der Waals surface area contributed by atoms with Crippen LogP contribution in [0.15, 0.2) is 12.4 Å². The van der Waals surface area contributed by atoms with Gasteiger partial charge >= 0.3 is 6.18 Å². The lowest BCUT2D eigenvalue weighted by molar-refractivity contribution is -0.206. The monoisotopic (exact) mass is 208 g/mol. The summed E-state index contributed by atoms with van der Waals surface area (Å²) in [5, 5.41) is 12.6. The second-order valence-electron chi connectivity index (χ2n) is 2.98. The van der Waals surface area contributed by atoms with Gasteiger partial charge < -0.3 is 5.11 Å². The first-order chi connectivity index (χ1) is 6.45. The van der Waals surface area contributed by atoms with Crippen LogP contribution in [0.3, 0.4) is 0 Å². The third-order valence-corrected chi connectivity index (χ3v) is 1.73. The number of alkyl halides is 3. The minimum atomic E-state index is -4.62. The van der Waals surface area contributed by atoms with Crippen LogP contribution in [0.2, 0.25) is 0 Å². The van der Waals surface area contributed by atoms with Gasteiger partial charge in [0.25, 0.3) is 0 Å². The van der Waals surface area contributed by atoms with Crippen molar-refractivity contribution >= 4 is 0 Å². The smallest absolute Gasteiger partial charge is 0.379 e. The van der Waals surface area contributed by atoms with Gasteiger partial charge in [-0.3, -0.25) is 4.68 Å². The highest BCUT2D eigenvalue weighted by molar-refractivity contribution is 5.09. The SMILES string of the molecule is CCCn1cc([C@@H](O)C(F)(F)F)cn1.